The second kappa shape index (κ2) is 8.10. The van der Waals surface area contributed by atoms with Gasteiger partial charge in [0.2, 0.25) is 0 Å². The van der Waals surface area contributed by atoms with Gasteiger partial charge in [0.05, 0.1) is 0 Å². The van der Waals surface area contributed by atoms with E-state index in [4.69, 9.17) is 4.74 Å². The fourth-order valence-electron chi connectivity index (χ4n) is 2.11. The van der Waals surface area contributed by atoms with E-state index >= 15 is 0 Å². The largest absolute Gasteiger partial charge is 0.444 e. The Morgan fingerprint density at radius 1 is 1.15 bits per heavy atom. The summed E-state index contributed by atoms with van der Waals surface area (Å²) in [5, 5.41) is 12.7. The fraction of sp³-hybridized carbons (Fsp3) is 0.278. The summed E-state index contributed by atoms with van der Waals surface area (Å²) in [6, 6.07) is 7.44. The van der Waals surface area contributed by atoms with Gasteiger partial charge >= 0.3 is 6.09 Å². The quantitative estimate of drug-likeness (QED) is 0.623. The van der Waals surface area contributed by atoms with Crippen LogP contribution in [-0.4, -0.2) is 31.9 Å². The molecule has 0 atom stereocenters. The molecule has 140 valence electrons. The van der Waals surface area contributed by atoms with E-state index in [9.17, 15) is 4.79 Å². The molecule has 0 saturated heterocycles. The van der Waals surface area contributed by atoms with Crippen LogP contribution in [0.5, 0.6) is 0 Å². The first kappa shape index (κ1) is 19.4. The highest BCUT2D eigenvalue weighted by Gasteiger charge is 2.16. The Morgan fingerprint density at radius 2 is 1.96 bits per heavy atom. The molecule has 0 fully saturated rings. The highest BCUT2D eigenvalue weighted by atomic mass is 79.9. The van der Waals surface area contributed by atoms with Crippen LogP contribution in [0.15, 0.2) is 41.1 Å². The standard InChI is InChI=1S/C18H18BrN5O2S/c1-18(2,3)26-17(25)22-14-7-4-11(9-21-14)16-24-23-15(27-16)8-13-6-5-12(19)10-20-13/h4-7,9-10H,8H2,1-3H3,(H,21,22,25). The van der Waals surface area contributed by atoms with Gasteiger partial charge in [-0.1, -0.05) is 11.3 Å². The minimum Gasteiger partial charge on any atom is -0.444 e. The fourth-order valence-corrected chi connectivity index (χ4v) is 3.19. The number of anilines is 1. The third kappa shape index (κ3) is 5.80. The molecule has 3 aromatic rings. The Bertz CT molecular complexity index is 920. The molecule has 0 saturated carbocycles. The number of aromatic nitrogens is 4. The lowest BCUT2D eigenvalue weighted by Gasteiger charge is -2.19. The van der Waals surface area contributed by atoms with E-state index in [-0.39, 0.29) is 0 Å². The van der Waals surface area contributed by atoms with Gasteiger partial charge in [0, 0.05) is 34.5 Å². The number of nitrogens with zero attached hydrogens (tertiary/aromatic N) is 4. The first-order valence-corrected chi connectivity index (χ1v) is 9.79. The molecule has 3 aromatic heterocycles. The normalized spacial score (nSPS) is 11.3. The molecular formula is C18H18BrN5O2S. The van der Waals surface area contributed by atoms with Crippen LogP contribution in [0.25, 0.3) is 10.6 Å². The number of amides is 1. The van der Waals surface area contributed by atoms with Crippen LogP contribution in [-0.2, 0) is 11.2 Å². The zero-order valence-corrected chi connectivity index (χ0v) is 17.5. The molecule has 3 heterocycles. The monoisotopic (exact) mass is 447 g/mol. The van der Waals surface area contributed by atoms with Crippen LogP contribution in [0.1, 0.15) is 31.5 Å². The number of halogens is 1. The van der Waals surface area contributed by atoms with Crippen LogP contribution in [0.2, 0.25) is 0 Å². The predicted octanol–water partition coefficient (Wildman–Crippen LogP) is 4.70. The van der Waals surface area contributed by atoms with Crippen molar-refractivity contribution in [2.75, 3.05) is 5.32 Å². The SMILES string of the molecule is CC(C)(C)OC(=O)Nc1ccc(-c2nnc(Cc3ccc(Br)cn3)s2)cn1. The first-order chi connectivity index (χ1) is 12.8. The maximum atomic E-state index is 11.8. The summed E-state index contributed by atoms with van der Waals surface area (Å²) < 4.78 is 6.14. The molecule has 0 spiro atoms. The van der Waals surface area contributed by atoms with Crippen LogP contribution in [0.4, 0.5) is 10.6 Å². The van der Waals surface area contributed by atoms with Gasteiger partial charge < -0.3 is 4.74 Å². The topological polar surface area (TPSA) is 89.9 Å². The van der Waals surface area contributed by atoms with Crippen LogP contribution >= 0.6 is 27.3 Å². The smallest absolute Gasteiger partial charge is 0.413 e. The minimum absolute atomic E-state index is 0.414. The maximum absolute atomic E-state index is 11.8. The second-order valence-electron chi connectivity index (χ2n) is 6.70. The Labute approximate surface area is 169 Å². The van der Waals surface area contributed by atoms with Crippen molar-refractivity contribution in [2.45, 2.75) is 32.8 Å². The maximum Gasteiger partial charge on any atom is 0.413 e. The van der Waals surface area contributed by atoms with Crippen LogP contribution in [0, 0.1) is 0 Å². The van der Waals surface area contributed by atoms with Crippen molar-refractivity contribution in [1.29, 1.82) is 0 Å². The lowest BCUT2D eigenvalue weighted by Crippen LogP contribution is -2.27. The summed E-state index contributed by atoms with van der Waals surface area (Å²) in [6.45, 7) is 5.42. The summed E-state index contributed by atoms with van der Waals surface area (Å²) in [7, 11) is 0. The van der Waals surface area contributed by atoms with Gasteiger partial charge in [-0.2, -0.15) is 0 Å². The summed E-state index contributed by atoms with van der Waals surface area (Å²) >= 11 is 4.86. The third-order valence-electron chi connectivity index (χ3n) is 3.23. The molecule has 3 rings (SSSR count). The highest BCUT2D eigenvalue weighted by molar-refractivity contribution is 9.10. The molecule has 1 N–H and O–H groups in total. The lowest BCUT2D eigenvalue weighted by molar-refractivity contribution is 0.0635. The van der Waals surface area contributed by atoms with E-state index in [1.165, 1.54) is 11.3 Å². The zero-order valence-electron chi connectivity index (χ0n) is 15.1. The van der Waals surface area contributed by atoms with E-state index in [0.717, 1.165) is 25.7 Å². The molecule has 1 amide bonds. The Morgan fingerprint density at radius 3 is 2.59 bits per heavy atom. The minimum atomic E-state index is -0.559. The summed E-state index contributed by atoms with van der Waals surface area (Å²) in [4.78, 5) is 20.4. The second-order valence-corrected chi connectivity index (χ2v) is 8.68. The number of carbonyl (C=O) groups is 1. The molecule has 27 heavy (non-hydrogen) atoms. The van der Waals surface area contributed by atoms with E-state index in [1.807, 2.05) is 18.2 Å². The van der Waals surface area contributed by atoms with E-state index in [1.54, 1.807) is 39.2 Å². The Balaban J connectivity index is 1.64. The van der Waals surface area contributed by atoms with Crippen molar-refractivity contribution in [1.82, 2.24) is 20.2 Å². The van der Waals surface area contributed by atoms with Gasteiger partial charge in [0.1, 0.15) is 21.4 Å². The van der Waals surface area contributed by atoms with E-state index in [0.29, 0.717) is 12.2 Å². The van der Waals surface area contributed by atoms with Crippen molar-refractivity contribution in [3.8, 4) is 10.6 Å². The third-order valence-corrected chi connectivity index (χ3v) is 4.67. The number of nitrogens with one attached hydrogen (secondary N) is 1. The molecule has 0 aliphatic heterocycles. The molecule has 0 radical (unpaired) electrons. The Hall–Kier alpha value is -2.39. The number of hydrogen-bond donors (Lipinski definition) is 1. The van der Waals surface area contributed by atoms with E-state index in [2.05, 4.69) is 41.4 Å². The molecule has 7 nitrogen and oxygen atoms in total. The number of pyridine rings is 2. The van der Waals surface area contributed by atoms with Gasteiger partial charge in [-0.05, 0) is 61.0 Å². The van der Waals surface area contributed by atoms with Crippen molar-refractivity contribution in [3.05, 3.63) is 51.8 Å². The van der Waals surface area contributed by atoms with Gasteiger partial charge in [-0.25, -0.2) is 9.78 Å². The summed E-state index contributed by atoms with van der Waals surface area (Å²) in [5.74, 6) is 0.414. The van der Waals surface area contributed by atoms with Gasteiger partial charge in [-0.15, -0.1) is 10.2 Å². The molecule has 0 aliphatic rings. The highest BCUT2D eigenvalue weighted by Crippen LogP contribution is 2.25. The van der Waals surface area contributed by atoms with Crippen LogP contribution < -0.4 is 5.32 Å². The molecule has 0 unspecified atom stereocenters. The van der Waals surface area contributed by atoms with Gasteiger partial charge in [-0.3, -0.25) is 10.3 Å². The van der Waals surface area contributed by atoms with Crippen molar-refractivity contribution in [2.24, 2.45) is 0 Å². The molecule has 0 aliphatic carbocycles. The van der Waals surface area contributed by atoms with Crippen LogP contribution in [0.3, 0.4) is 0 Å². The zero-order chi connectivity index (χ0) is 19.4. The van der Waals surface area contributed by atoms with Crippen molar-refractivity contribution >= 4 is 39.2 Å². The lowest BCUT2D eigenvalue weighted by atomic mass is 10.2. The van der Waals surface area contributed by atoms with E-state index < -0.39 is 11.7 Å². The molecule has 0 bridgehead atoms. The number of hydrogen-bond acceptors (Lipinski definition) is 7. The predicted molar refractivity (Wildman–Crippen MR) is 108 cm³/mol. The first-order valence-electron chi connectivity index (χ1n) is 8.18. The average molecular weight is 448 g/mol. The number of rotatable bonds is 4. The summed E-state index contributed by atoms with van der Waals surface area (Å²) in [6.07, 6.45) is 3.49. The number of ether oxygens (including phenoxy) is 1. The van der Waals surface area contributed by atoms with Gasteiger partial charge in [0.25, 0.3) is 0 Å². The average Bonchev–Trinajstić information content (AvgIpc) is 3.04. The molecule has 0 aromatic carbocycles. The summed E-state index contributed by atoms with van der Waals surface area (Å²) in [5.41, 5.74) is 1.20. The van der Waals surface area contributed by atoms with Crippen molar-refractivity contribution < 1.29 is 9.53 Å². The molecule has 9 heteroatoms. The van der Waals surface area contributed by atoms with Gasteiger partial charge in [0.15, 0.2) is 0 Å². The Kier molecular flexibility index (Phi) is 5.81. The number of carbonyl (C=O) groups excluding carboxylic acids is 1. The molecular weight excluding hydrogens is 430 g/mol. The van der Waals surface area contributed by atoms with Crippen molar-refractivity contribution in [3.63, 3.8) is 0 Å².